The molecule has 0 saturated heterocycles. The number of allylic oxidation sites excluding steroid dienone is 6. The van der Waals surface area contributed by atoms with Gasteiger partial charge in [0.1, 0.15) is 0 Å². The molecule has 1 heterocycles. The first kappa shape index (κ1) is 26.0. The summed E-state index contributed by atoms with van der Waals surface area (Å²) in [4.78, 5) is 1.95. The monoisotopic (exact) mass is 480 g/mol. The molecule has 0 fully saturated rings. The number of nitrogens with one attached hydrogen (secondary N) is 2. The van der Waals surface area contributed by atoms with Crippen molar-refractivity contribution in [3.8, 4) is 0 Å². The fraction of sp³-hybridized carbons (Fsp3) is 0.133. The van der Waals surface area contributed by atoms with Gasteiger partial charge in [-0.1, -0.05) is 61.7 Å². The van der Waals surface area contributed by atoms with Crippen LogP contribution in [-0.4, -0.2) is 25.5 Å². The molecule has 0 unspecified atom stereocenters. The maximum absolute atomic E-state index is 7.97. The molecule has 5 heteroatoms. The average Bonchev–Trinajstić information content (AvgIpc) is 3.36. The molecule has 6 N–H and O–H groups in total. The van der Waals surface area contributed by atoms with Crippen molar-refractivity contribution in [2.45, 2.75) is 12.8 Å². The number of benzene rings is 2. The summed E-state index contributed by atoms with van der Waals surface area (Å²) in [6, 6.07) is 20.3. The highest BCUT2D eigenvalue weighted by Crippen LogP contribution is 2.31. The summed E-state index contributed by atoms with van der Waals surface area (Å²) >= 11 is 1.57. The summed E-state index contributed by atoms with van der Waals surface area (Å²) in [7, 11) is 0. The van der Waals surface area contributed by atoms with Crippen molar-refractivity contribution in [3.05, 3.63) is 118 Å². The molecule has 0 atom stereocenters. The van der Waals surface area contributed by atoms with Gasteiger partial charge >= 0.3 is 0 Å². The lowest BCUT2D eigenvalue weighted by Crippen LogP contribution is -2.02. The third-order valence-corrected chi connectivity index (χ3v) is 6.81. The lowest BCUT2D eigenvalue weighted by molar-refractivity contribution is 0.968. The number of thiophene rings is 1. The molecule has 2 aromatic carbocycles. The Hall–Kier alpha value is -3.64. The third-order valence-electron chi connectivity index (χ3n) is 5.60. The number of hydrogen-bond donors (Lipinski definition) is 4. The van der Waals surface area contributed by atoms with Gasteiger partial charge in [0.15, 0.2) is 0 Å². The van der Waals surface area contributed by atoms with Gasteiger partial charge in [-0.05, 0) is 89.2 Å². The smallest absolute Gasteiger partial charge is 0.0364 e. The highest BCUT2D eigenvalue weighted by atomic mass is 32.1. The van der Waals surface area contributed by atoms with Gasteiger partial charge < -0.3 is 22.3 Å². The zero-order valence-corrected chi connectivity index (χ0v) is 20.7. The molecule has 0 spiro atoms. The average molecular weight is 481 g/mol. The lowest BCUT2D eigenvalue weighted by atomic mass is 10.00. The van der Waals surface area contributed by atoms with Crippen LogP contribution in [0.2, 0.25) is 0 Å². The predicted octanol–water partition coefficient (Wildman–Crippen LogP) is 6.24. The van der Waals surface area contributed by atoms with Gasteiger partial charge in [-0.3, -0.25) is 0 Å². The van der Waals surface area contributed by atoms with Gasteiger partial charge in [-0.2, -0.15) is 0 Å². The molecular weight excluding hydrogens is 448 g/mol. The van der Waals surface area contributed by atoms with E-state index >= 15 is 0 Å². The Morgan fingerprint density at radius 1 is 0.714 bits per heavy atom. The zero-order valence-electron chi connectivity index (χ0n) is 19.9. The standard InChI is InChI=1S/C30H32N4S/c1-21(25-7-3-5-23(17-25)11-13-31)15-28(20-34)30-10-9-29(35-30)22(2)16-27(19-33)26-8-4-6-24(18-26)12-14-32/h3-10,15-20,33-34H,1-2,11-14,31-32H2/b27-16+,28-15+,33-19?,34-20?. The quantitative estimate of drug-likeness (QED) is 0.182. The summed E-state index contributed by atoms with van der Waals surface area (Å²) in [6.07, 6.45) is 8.20. The Bertz CT molecular complexity index is 1290. The minimum absolute atomic E-state index is 0.589. The summed E-state index contributed by atoms with van der Waals surface area (Å²) in [6.45, 7) is 9.65. The van der Waals surface area contributed by atoms with Gasteiger partial charge in [0.05, 0.1) is 0 Å². The van der Waals surface area contributed by atoms with Crippen LogP contribution in [0, 0.1) is 10.8 Å². The Balaban J connectivity index is 1.83. The lowest BCUT2D eigenvalue weighted by Gasteiger charge is -2.07. The molecule has 0 aliphatic rings. The van der Waals surface area contributed by atoms with E-state index in [0.29, 0.717) is 13.1 Å². The highest BCUT2D eigenvalue weighted by molar-refractivity contribution is 7.14. The van der Waals surface area contributed by atoms with Crippen LogP contribution in [0.1, 0.15) is 32.0 Å². The first-order chi connectivity index (χ1) is 17.0. The molecule has 0 aliphatic heterocycles. The van der Waals surface area contributed by atoms with Crippen molar-refractivity contribution >= 4 is 46.1 Å². The maximum atomic E-state index is 7.97. The van der Waals surface area contributed by atoms with Crippen LogP contribution >= 0.6 is 11.3 Å². The number of hydrogen-bond acceptors (Lipinski definition) is 5. The van der Waals surface area contributed by atoms with Crippen molar-refractivity contribution in [3.63, 3.8) is 0 Å². The number of nitrogens with two attached hydrogens (primary N) is 2. The fourth-order valence-corrected chi connectivity index (χ4v) is 4.69. The van der Waals surface area contributed by atoms with Crippen LogP contribution in [-0.2, 0) is 12.8 Å². The molecule has 1 aromatic heterocycles. The summed E-state index contributed by atoms with van der Waals surface area (Å²) in [5.74, 6) is 0. The normalized spacial score (nSPS) is 11.8. The molecular formula is C30H32N4S. The zero-order chi connectivity index (χ0) is 25.2. The third kappa shape index (κ3) is 6.93. The molecule has 3 rings (SSSR count). The van der Waals surface area contributed by atoms with Gasteiger partial charge in [-0.15, -0.1) is 11.3 Å². The second-order valence-electron chi connectivity index (χ2n) is 8.18. The topological polar surface area (TPSA) is 99.7 Å². The molecule has 0 radical (unpaired) electrons. The highest BCUT2D eigenvalue weighted by Gasteiger charge is 2.09. The summed E-state index contributed by atoms with van der Waals surface area (Å²) in [5, 5.41) is 15.9. The van der Waals surface area contributed by atoms with E-state index in [2.05, 4.69) is 31.4 Å². The molecule has 0 amide bonds. The Kier molecular flexibility index (Phi) is 9.44. The summed E-state index contributed by atoms with van der Waals surface area (Å²) in [5.41, 5.74) is 18.9. The van der Waals surface area contributed by atoms with Crippen molar-refractivity contribution in [2.24, 2.45) is 11.5 Å². The predicted molar refractivity (Wildman–Crippen MR) is 154 cm³/mol. The van der Waals surface area contributed by atoms with E-state index in [9.17, 15) is 0 Å². The second-order valence-corrected chi connectivity index (χ2v) is 9.26. The van der Waals surface area contributed by atoms with E-state index in [4.69, 9.17) is 22.3 Å². The molecule has 0 saturated carbocycles. The minimum atomic E-state index is 0.589. The van der Waals surface area contributed by atoms with Crippen LogP contribution in [0.15, 0.2) is 86.0 Å². The second kappa shape index (κ2) is 12.7. The SMILES string of the molecule is C=C(/C=C(\C=N)c1ccc(C(=C)/C=C(\C=N)c2cccc(CCN)c2)s1)c1cccc(CCN)c1. The van der Waals surface area contributed by atoms with E-state index in [1.54, 1.807) is 11.3 Å². The number of rotatable bonds is 12. The molecule has 35 heavy (non-hydrogen) atoms. The van der Waals surface area contributed by atoms with Crippen molar-refractivity contribution in [1.82, 2.24) is 0 Å². The van der Waals surface area contributed by atoms with Crippen LogP contribution in [0.3, 0.4) is 0 Å². The van der Waals surface area contributed by atoms with Gasteiger partial charge in [0, 0.05) is 27.8 Å². The molecule has 0 aliphatic carbocycles. The molecule has 0 bridgehead atoms. The van der Waals surface area contributed by atoms with Crippen LogP contribution in [0.5, 0.6) is 0 Å². The van der Waals surface area contributed by atoms with E-state index in [0.717, 1.165) is 61.6 Å². The van der Waals surface area contributed by atoms with E-state index in [-0.39, 0.29) is 0 Å². The molecule has 178 valence electrons. The Morgan fingerprint density at radius 2 is 1.26 bits per heavy atom. The fourth-order valence-electron chi connectivity index (χ4n) is 3.75. The first-order valence-corrected chi connectivity index (χ1v) is 12.3. The van der Waals surface area contributed by atoms with E-state index in [1.165, 1.54) is 18.0 Å². The molecule has 4 nitrogen and oxygen atoms in total. The van der Waals surface area contributed by atoms with E-state index in [1.807, 2.05) is 54.6 Å². The minimum Gasteiger partial charge on any atom is -0.330 e. The van der Waals surface area contributed by atoms with Crippen LogP contribution in [0.25, 0.3) is 22.3 Å². The van der Waals surface area contributed by atoms with E-state index < -0.39 is 0 Å². The summed E-state index contributed by atoms with van der Waals surface area (Å²) < 4.78 is 0. The van der Waals surface area contributed by atoms with Crippen LogP contribution < -0.4 is 11.5 Å². The first-order valence-electron chi connectivity index (χ1n) is 11.5. The van der Waals surface area contributed by atoms with Gasteiger partial charge in [0.2, 0.25) is 0 Å². The maximum Gasteiger partial charge on any atom is 0.0364 e. The van der Waals surface area contributed by atoms with Gasteiger partial charge in [0.25, 0.3) is 0 Å². The Labute approximate surface area is 212 Å². The Morgan fingerprint density at radius 3 is 1.86 bits per heavy atom. The van der Waals surface area contributed by atoms with Crippen molar-refractivity contribution in [1.29, 1.82) is 10.8 Å². The van der Waals surface area contributed by atoms with Crippen molar-refractivity contribution in [2.75, 3.05) is 13.1 Å². The van der Waals surface area contributed by atoms with Crippen LogP contribution in [0.4, 0.5) is 0 Å². The molecule has 3 aromatic rings. The van der Waals surface area contributed by atoms with Gasteiger partial charge in [-0.25, -0.2) is 0 Å². The van der Waals surface area contributed by atoms with Crippen molar-refractivity contribution < 1.29 is 0 Å². The largest absolute Gasteiger partial charge is 0.330 e.